The van der Waals surface area contributed by atoms with Gasteiger partial charge in [-0.05, 0) is 47.4 Å². The summed E-state index contributed by atoms with van der Waals surface area (Å²) in [5.41, 5.74) is 3.91. The van der Waals surface area contributed by atoms with E-state index in [1.165, 1.54) is 14.0 Å². The summed E-state index contributed by atoms with van der Waals surface area (Å²) < 4.78 is 32.6. The fourth-order valence-electron chi connectivity index (χ4n) is 3.32. The number of hydrogen-bond acceptors (Lipinski definition) is 6. The minimum absolute atomic E-state index is 0.0974. The number of anilines is 1. The third kappa shape index (κ3) is 5.22. The molecule has 2 aromatic rings. The molecular formula is C19H23N3O5S. The number of carbonyl (C=O) groups excluding carboxylic acids is 1. The molecule has 1 heterocycles. The zero-order valence-electron chi connectivity index (χ0n) is 15.8. The van der Waals surface area contributed by atoms with Crippen LogP contribution in [0, 0.1) is 0 Å². The van der Waals surface area contributed by atoms with E-state index < -0.39 is 10.3 Å². The van der Waals surface area contributed by atoms with Crippen LogP contribution in [-0.2, 0) is 34.6 Å². The summed E-state index contributed by atoms with van der Waals surface area (Å²) >= 11 is 0. The number of nitrogens with two attached hydrogens (primary N) is 1. The second-order valence-electron chi connectivity index (χ2n) is 6.69. The first-order chi connectivity index (χ1) is 13.2. The summed E-state index contributed by atoms with van der Waals surface area (Å²) in [6, 6.07) is 11.2. The maximum atomic E-state index is 11.3. The van der Waals surface area contributed by atoms with Crippen molar-refractivity contribution in [3.63, 3.8) is 0 Å². The van der Waals surface area contributed by atoms with E-state index in [-0.39, 0.29) is 11.7 Å². The Labute approximate surface area is 164 Å². The van der Waals surface area contributed by atoms with Gasteiger partial charge >= 0.3 is 10.3 Å². The second kappa shape index (κ2) is 8.17. The van der Waals surface area contributed by atoms with Crippen molar-refractivity contribution in [2.75, 3.05) is 19.0 Å². The van der Waals surface area contributed by atoms with Gasteiger partial charge in [0.25, 0.3) is 0 Å². The Kier molecular flexibility index (Phi) is 5.87. The first-order valence-corrected chi connectivity index (χ1v) is 10.2. The Bertz CT molecular complexity index is 991. The molecule has 150 valence electrons. The van der Waals surface area contributed by atoms with E-state index in [4.69, 9.17) is 14.1 Å². The molecular weight excluding hydrogens is 382 g/mol. The minimum atomic E-state index is -4.12. The van der Waals surface area contributed by atoms with Gasteiger partial charge in [0.05, 0.1) is 7.11 Å². The molecule has 3 N–H and O–H groups in total. The van der Waals surface area contributed by atoms with Gasteiger partial charge < -0.3 is 14.2 Å². The van der Waals surface area contributed by atoms with Crippen molar-refractivity contribution >= 4 is 21.9 Å². The zero-order chi connectivity index (χ0) is 20.3. The highest BCUT2D eigenvalue weighted by Crippen LogP contribution is 2.34. The van der Waals surface area contributed by atoms with Gasteiger partial charge in [-0.25, -0.2) is 0 Å². The van der Waals surface area contributed by atoms with Gasteiger partial charge in [0.15, 0.2) is 11.5 Å². The van der Waals surface area contributed by atoms with Crippen LogP contribution < -0.4 is 19.4 Å². The van der Waals surface area contributed by atoms with Gasteiger partial charge in [0.1, 0.15) is 0 Å². The predicted octanol–water partition coefficient (Wildman–Crippen LogP) is 1.79. The second-order valence-corrected chi connectivity index (χ2v) is 7.84. The predicted molar refractivity (Wildman–Crippen MR) is 105 cm³/mol. The summed E-state index contributed by atoms with van der Waals surface area (Å²) in [6.45, 7) is 3.70. The minimum Gasteiger partial charge on any atom is -0.493 e. The lowest BCUT2D eigenvalue weighted by Crippen LogP contribution is -2.30. The molecule has 1 amide bonds. The zero-order valence-corrected chi connectivity index (χ0v) is 16.6. The van der Waals surface area contributed by atoms with Crippen molar-refractivity contribution in [1.29, 1.82) is 0 Å². The first-order valence-electron chi connectivity index (χ1n) is 8.74. The molecule has 0 unspecified atom stereocenters. The monoisotopic (exact) mass is 405 g/mol. The van der Waals surface area contributed by atoms with Crippen LogP contribution in [0.3, 0.4) is 0 Å². The SMILES string of the molecule is COc1cc2c(cc1OS(N)(=O)=O)CCN(Cc1cccc(NC(C)=O)c1)C2. The van der Waals surface area contributed by atoms with Gasteiger partial charge in [-0.2, -0.15) is 13.6 Å². The lowest BCUT2D eigenvalue weighted by Gasteiger charge is -2.29. The van der Waals surface area contributed by atoms with E-state index >= 15 is 0 Å². The maximum absolute atomic E-state index is 11.3. The van der Waals surface area contributed by atoms with Crippen LogP contribution in [0.1, 0.15) is 23.6 Å². The van der Waals surface area contributed by atoms with Crippen molar-refractivity contribution in [1.82, 2.24) is 4.90 Å². The van der Waals surface area contributed by atoms with E-state index in [0.717, 1.165) is 41.9 Å². The van der Waals surface area contributed by atoms with E-state index in [0.29, 0.717) is 12.3 Å². The van der Waals surface area contributed by atoms with Crippen LogP contribution in [0.2, 0.25) is 0 Å². The number of fused-ring (bicyclic) bond motifs is 1. The highest BCUT2D eigenvalue weighted by atomic mass is 32.2. The summed E-state index contributed by atoms with van der Waals surface area (Å²) in [5, 5.41) is 7.77. The number of hydrogen-bond donors (Lipinski definition) is 2. The number of nitrogens with zero attached hydrogens (tertiary/aromatic N) is 1. The highest BCUT2D eigenvalue weighted by molar-refractivity contribution is 7.84. The summed E-state index contributed by atoms with van der Waals surface area (Å²) in [4.78, 5) is 13.5. The molecule has 8 nitrogen and oxygen atoms in total. The quantitative estimate of drug-likeness (QED) is 0.758. The summed E-state index contributed by atoms with van der Waals surface area (Å²) in [6.07, 6.45) is 0.742. The lowest BCUT2D eigenvalue weighted by atomic mass is 9.98. The van der Waals surface area contributed by atoms with Crippen molar-refractivity contribution in [3.8, 4) is 11.5 Å². The molecule has 0 bridgehead atoms. The Morgan fingerprint density at radius 3 is 2.64 bits per heavy atom. The van der Waals surface area contributed by atoms with Crippen LogP contribution in [0.25, 0.3) is 0 Å². The molecule has 0 radical (unpaired) electrons. The molecule has 0 aromatic heterocycles. The maximum Gasteiger partial charge on any atom is 0.380 e. The molecule has 0 saturated heterocycles. The number of benzene rings is 2. The number of methoxy groups -OCH3 is 1. The number of ether oxygens (including phenoxy) is 1. The molecule has 2 aromatic carbocycles. The third-order valence-electron chi connectivity index (χ3n) is 4.44. The molecule has 9 heteroatoms. The van der Waals surface area contributed by atoms with Gasteiger partial charge in [-0.1, -0.05) is 12.1 Å². The van der Waals surface area contributed by atoms with E-state index in [9.17, 15) is 13.2 Å². The molecule has 1 aliphatic heterocycles. The van der Waals surface area contributed by atoms with Gasteiger partial charge in [0.2, 0.25) is 5.91 Å². The summed E-state index contributed by atoms with van der Waals surface area (Å²) in [7, 11) is -2.67. The molecule has 3 rings (SSSR count). The standard InChI is InChI=1S/C19H23N3O5S/c1-13(23)21-17-5-3-4-14(8-17)11-22-7-6-15-9-19(27-28(20,24)25)18(26-2)10-16(15)12-22/h3-5,8-10H,6-7,11-12H2,1-2H3,(H,21,23)(H2,20,24,25). The summed E-state index contributed by atoms with van der Waals surface area (Å²) in [5.74, 6) is 0.316. The van der Waals surface area contributed by atoms with Gasteiger partial charge in [-0.3, -0.25) is 9.69 Å². The van der Waals surface area contributed by atoms with E-state index in [1.807, 2.05) is 24.3 Å². The fraction of sp³-hybridized carbons (Fsp3) is 0.316. The fourth-order valence-corrected chi connectivity index (χ4v) is 3.70. The number of rotatable bonds is 6. The van der Waals surface area contributed by atoms with Crippen molar-refractivity contribution in [3.05, 3.63) is 53.1 Å². The van der Waals surface area contributed by atoms with E-state index in [1.54, 1.807) is 12.1 Å². The van der Waals surface area contributed by atoms with Crippen LogP contribution in [0.4, 0.5) is 5.69 Å². The van der Waals surface area contributed by atoms with Gasteiger partial charge in [0, 0.05) is 32.2 Å². The molecule has 28 heavy (non-hydrogen) atoms. The van der Waals surface area contributed by atoms with Crippen LogP contribution in [0.15, 0.2) is 36.4 Å². The molecule has 1 aliphatic rings. The highest BCUT2D eigenvalue weighted by Gasteiger charge is 2.21. The number of nitrogens with one attached hydrogen (secondary N) is 1. The van der Waals surface area contributed by atoms with Crippen molar-refractivity contribution < 1.29 is 22.1 Å². The van der Waals surface area contributed by atoms with Crippen molar-refractivity contribution in [2.45, 2.75) is 26.4 Å². The van der Waals surface area contributed by atoms with Crippen LogP contribution >= 0.6 is 0 Å². The normalized spacial score (nSPS) is 14.2. The largest absolute Gasteiger partial charge is 0.493 e. The lowest BCUT2D eigenvalue weighted by molar-refractivity contribution is -0.114. The van der Waals surface area contributed by atoms with Gasteiger partial charge in [-0.15, -0.1) is 0 Å². The van der Waals surface area contributed by atoms with Crippen LogP contribution in [0.5, 0.6) is 11.5 Å². The van der Waals surface area contributed by atoms with E-state index in [2.05, 4.69) is 10.2 Å². The van der Waals surface area contributed by atoms with Crippen LogP contribution in [-0.4, -0.2) is 32.9 Å². The molecule has 0 spiro atoms. The Balaban J connectivity index is 1.76. The van der Waals surface area contributed by atoms with Crippen molar-refractivity contribution in [2.24, 2.45) is 5.14 Å². The molecule has 0 saturated carbocycles. The average Bonchev–Trinajstić information content (AvgIpc) is 2.59. The molecule has 0 fully saturated rings. The Morgan fingerprint density at radius 2 is 1.96 bits per heavy atom. The average molecular weight is 405 g/mol. The number of amides is 1. The first kappa shape index (κ1) is 20.1. The third-order valence-corrected chi connectivity index (χ3v) is 4.85. The Hall–Kier alpha value is -2.62. The topological polar surface area (TPSA) is 111 Å². The molecule has 0 aliphatic carbocycles. The molecule has 0 atom stereocenters. The Morgan fingerprint density at radius 1 is 1.21 bits per heavy atom. The smallest absolute Gasteiger partial charge is 0.380 e. The number of carbonyl (C=O) groups is 1.